The van der Waals surface area contributed by atoms with Crippen LogP contribution in [0.5, 0.6) is 0 Å². The molecule has 2 fully saturated rings. The molecule has 2 heterocycles. The molecule has 0 spiro atoms. The molecule has 3 rings (SSSR count). The maximum Gasteiger partial charge on any atom is 0.494 e. The molecule has 6 heteroatoms. The average Bonchev–Trinajstić information content (AvgIpc) is 2.68. The zero-order valence-corrected chi connectivity index (χ0v) is 14.4. The second-order valence-corrected chi connectivity index (χ2v) is 7.31. The Labute approximate surface area is 137 Å². The summed E-state index contributed by atoms with van der Waals surface area (Å²) in [5.74, 6) is 0. The van der Waals surface area contributed by atoms with Gasteiger partial charge in [-0.05, 0) is 45.3 Å². The minimum atomic E-state index is -0.374. The molecule has 0 amide bonds. The van der Waals surface area contributed by atoms with Gasteiger partial charge in [0.15, 0.2) is 0 Å². The Morgan fingerprint density at radius 1 is 1.05 bits per heavy atom. The van der Waals surface area contributed by atoms with Crippen LogP contribution < -0.4 is 10.4 Å². The third-order valence-corrected chi connectivity index (χ3v) is 5.15. The fourth-order valence-electron chi connectivity index (χ4n) is 2.71. The predicted octanol–water partition coefficient (Wildman–Crippen LogP) is 2.48. The zero-order chi connectivity index (χ0) is 16.0. The van der Waals surface area contributed by atoms with Crippen LogP contribution in [-0.4, -0.2) is 44.6 Å². The summed E-state index contributed by atoms with van der Waals surface area (Å²) in [5, 5.41) is 0.731. The Hall–Kier alpha value is -0.745. The number of morpholine rings is 1. The zero-order valence-electron chi connectivity index (χ0n) is 13.7. The SMILES string of the molecule is CC1(C)OB(c2ccc(N3CCOCC3)c(Cl)c2)OC1(C)C. The van der Waals surface area contributed by atoms with Crippen molar-refractivity contribution in [2.24, 2.45) is 0 Å². The number of rotatable bonds is 2. The smallest absolute Gasteiger partial charge is 0.399 e. The van der Waals surface area contributed by atoms with Crippen molar-refractivity contribution in [1.29, 1.82) is 0 Å². The summed E-state index contributed by atoms with van der Waals surface area (Å²) in [6.45, 7) is 11.4. The lowest BCUT2D eigenvalue weighted by atomic mass is 9.79. The van der Waals surface area contributed by atoms with Crippen LogP contribution in [0.1, 0.15) is 27.7 Å². The molecular formula is C16H23BClNO3. The van der Waals surface area contributed by atoms with Crippen molar-refractivity contribution in [3.05, 3.63) is 23.2 Å². The first kappa shape index (κ1) is 16.1. The molecule has 2 saturated heterocycles. The van der Waals surface area contributed by atoms with Crippen molar-refractivity contribution in [3.8, 4) is 0 Å². The van der Waals surface area contributed by atoms with E-state index in [1.54, 1.807) is 0 Å². The van der Waals surface area contributed by atoms with Crippen molar-refractivity contribution in [1.82, 2.24) is 0 Å². The lowest BCUT2D eigenvalue weighted by molar-refractivity contribution is 0.00578. The van der Waals surface area contributed by atoms with Crippen molar-refractivity contribution in [2.75, 3.05) is 31.2 Å². The van der Waals surface area contributed by atoms with Gasteiger partial charge in [-0.2, -0.15) is 0 Å². The average molecular weight is 324 g/mol. The normalized spacial score (nSPS) is 23.9. The van der Waals surface area contributed by atoms with Crippen molar-refractivity contribution in [2.45, 2.75) is 38.9 Å². The highest BCUT2D eigenvalue weighted by atomic mass is 35.5. The number of hydrogen-bond acceptors (Lipinski definition) is 4. The van der Waals surface area contributed by atoms with Crippen LogP contribution in [0.3, 0.4) is 0 Å². The van der Waals surface area contributed by atoms with E-state index in [1.165, 1.54) is 0 Å². The van der Waals surface area contributed by atoms with E-state index in [4.69, 9.17) is 25.6 Å². The quantitative estimate of drug-likeness (QED) is 0.783. The molecule has 0 atom stereocenters. The molecule has 1 aromatic carbocycles. The van der Waals surface area contributed by atoms with Gasteiger partial charge in [0.2, 0.25) is 0 Å². The van der Waals surface area contributed by atoms with Gasteiger partial charge in [-0.15, -0.1) is 0 Å². The lowest BCUT2D eigenvalue weighted by Crippen LogP contribution is -2.41. The van der Waals surface area contributed by atoms with Gasteiger partial charge in [-0.1, -0.05) is 17.7 Å². The number of anilines is 1. The van der Waals surface area contributed by atoms with Gasteiger partial charge in [-0.3, -0.25) is 0 Å². The molecule has 0 bridgehead atoms. The first-order valence-electron chi connectivity index (χ1n) is 7.78. The van der Waals surface area contributed by atoms with Gasteiger partial charge in [0, 0.05) is 13.1 Å². The van der Waals surface area contributed by atoms with E-state index in [2.05, 4.69) is 32.6 Å². The summed E-state index contributed by atoms with van der Waals surface area (Å²) in [6, 6.07) is 6.04. The van der Waals surface area contributed by atoms with Crippen LogP contribution in [0.2, 0.25) is 5.02 Å². The molecule has 0 saturated carbocycles. The monoisotopic (exact) mass is 323 g/mol. The molecule has 0 aromatic heterocycles. The Morgan fingerprint density at radius 3 is 2.18 bits per heavy atom. The molecule has 0 radical (unpaired) electrons. The maximum absolute atomic E-state index is 6.49. The lowest BCUT2D eigenvalue weighted by Gasteiger charge is -2.32. The molecule has 120 valence electrons. The summed E-state index contributed by atoms with van der Waals surface area (Å²) in [4.78, 5) is 2.25. The maximum atomic E-state index is 6.49. The van der Waals surface area contributed by atoms with E-state index in [-0.39, 0.29) is 18.3 Å². The largest absolute Gasteiger partial charge is 0.494 e. The molecule has 0 N–H and O–H groups in total. The molecule has 1 aromatic rings. The molecule has 2 aliphatic heterocycles. The fraction of sp³-hybridized carbons (Fsp3) is 0.625. The van der Waals surface area contributed by atoms with E-state index >= 15 is 0 Å². The molecule has 0 unspecified atom stereocenters. The highest BCUT2D eigenvalue weighted by molar-refractivity contribution is 6.62. The second-order valence-electron chi connectivity index (χ2n) is 6.90. The van der Waals surface area contributed by atoms with E-state index < -0.39 is 0 Å². The van der Waals surface area contributed by atoms with Crippen LogP contribution in [0.4, 0.5) is 5.69 Å². The Bertz CT molecular complexity index is 542. The number of benzene rings is 1. The molecule has 0 aliphatic carbocycles. The second kappa shape index (κ2) is 5.71. The van der Waals surface area contributed by atoms with Gasteiger partial charge in [0.1, 0.15) is 0 Å². The number of ether oxygens (including phenoxy) is 1. The standard InChI is InChI=1S/C16H23BClNO3/c1-15(2)16(3,4)22-17(21-15)12-5-6-14(13(18)11-12)19-7-9-20-10-8-19/h5-6,11H,7-10H2,1-4H3. The fourth-order valence-corrected chi connectivity index (χ4v) is 3.02. The summed E-state index contributed by atoms with van der Waals surface area (Å²) < 4.78 is 17.5. The topological polar surface area (TPSA) is 30.9 Å². The van der Waals surface area contributed by atoms with Crippen LogP contribution in [0.15, 0.2) is 18.2 Å². The van der Waals surface area contributed by atoms with Crippen molar-refractivity contribution < 1.29 is 14.0 Å². The van der Waals surface area contributed by atoms with Gasteiger partial charge >= 0.3 is 7.12 Å². The third kappa shape index (κ3) is 2.87. The number of halogens is 1. The van der Waals surface area contributed by atoms with Crippen molar-refractivity contribution >= 4 is 29.9 Å². The molecule has 4 nitrogen and oxygen atoms in total. The Morgan fingerprint density at radius 2 is 1.64 bits per heavy atom. The Kier molecular flexibility index (Phi) is 4.19. The number of nitrogens with zero attached hydrogens (tertiary/aromatic N) is 1. The van der Waals surface area contributed by atoms with Crippen molar-refractivity contribution in [3.63, 3.8) is 0 Å². The first-order valence-corrected chi connectivity index (χ1v) is 8.16. The summed E-state index contributed by atoms with van der Waals surface area (Å²) in [7, 11) is -0.374. The van der Waals surface area contributed by atoms with Gasteiger partial charge < -0.3 is 18.9 Å². The Balaban J connectivity index is 1.81. The van der Waals surface area contributed by atoms with E-state index in [0.29, 0.717) is 0 Å². The minimum absolute atomic E-state index is 0.340. The summed E-state index contributed by atoms with van der Waals surface area (Å²) >= 11 is 6.49. The van der Waals surface area contributed by atoms with E-state index in [1.807, 2.05) is 18.2 Å². The number of hydrogen-bond donors (Lipinski definition) is 0. The molecule has 22 heavy (non-hydrogen) atoms. The molecular weight excluding hydrogens is 300 g/mol. The summed E-state index contributed by atoms with van der Waals surface area (Å²) in [6.07, 6.45) is 0. The van der Waals surface area contributed by atoms with Crippen LogP contribution in [-0.2, 0) is 14.0 Å². The molecule has 2 aliphatic rings. The third-order valence-electron chi connectivity index (χ3n) is 4.85. The highest BCUT2D eigenvalue weighted by Crippen LogP contribution is 2.37. The highest BCUT2D eigenvalue weighted by Gasteiger charge is 2.51. The van der Waals surface area contributed by atoms with Gasteiger partial charge in [0.25, 0.3) is 0 Å². The predicted molar refractivity (Wildman–Crippen MR) is 90.2 cm³/mol. The van der Waals surface area contributed by atoms with E-state index in [9.17, 15) is 0 Å². The van der Waals surface area contributed by atoms with Crippen LogP contribution >= 0.6 is 11.6 Å². The van der Waals surface area contributed by atoms with E-state index in [0.717, 1.165) is 42.5 Å². The first-order chi connectivity index (χ1) is 10.3. The van der Waals surface area contributed by atoms with Crippen LogP contribution in [0, 0.1) is 0 Å². The minimum Gasteiger partial charge on any atom is -0.399 e. The van der Waals surface area contributed by atoms with Crippen LogP contribution in [0.25, 0.3) is 0 Å². The summed E-state index contributed by atoms with van der Waals surface area (Å²) in [5.41, 5.74) is 1.32. The van der Waals surface area contributed by atoms with Gasteiger partial charge in [0.05, 0.1) is 35.1 Å². The van der Waals surface area contributed by atoms with Gasteiger partial charge in [-0.25, -0.2) is 0 Å².